The Morgan fingerprint density at radius 3 is 2.35 bits per heavy atom. The maximum atomic E-state index is 13.2. The molecule has 2 aromatic rings. The Balaban J connectivity index is 2.35. The van der Waals surface area contributed by atoms with Crippen LogP contribution in [-0.4, -0.2) is 13.5 Å². The first-order valence-corrected chi connectivity index (χ1v) is 7.36. The van der Waals surface area contributed by atoms with Gasteiger partial charge in [-0.15, -0.1) is 0 Å². The smallest absolute Gasteiger partial charge is 0.261 e. The van der Waals surface area contributed by atoms with Gasteiger partial charge in [0.2, 0.25) is 0 Å². The molecule has 0 saturated carbocycles. The van der Waals surface area contributed by atoms with Crippen molar-refractivity contribution in [3.05, 3.63) is 53.3 Å². The fraction of sp³-hybridized carbons (Fsp3) is 0.143. The van der Waals surface area contributed by atoms with E-state index in [1.807, 2.05) is 13.8 Å². The SMILES string of the molecule is Cc1ccc(S(=O)(=O)Nc2ccc(O)c(F)c2)cc1C. The number of aryl methyl sites for hydroxylation is 2. The van der Waals surface area contributed by atoms with Crippen molar-refractivity contribution in [1.29, 1.82) is 0 Å². The van der Waals surface area contributed by atoms with Crippen LogP contribution < -0.4 is 4.72 Å². The number of phenolic OH excluding ortho intramolecular Hbond substituents is 1. The van der Waals surface area contributed by atoms with Gasteiger partial charge in [0, 0.05) is 6.07 Å². The molecule has 0 aliphatic carbocycles. The number of hydrogen-bond donors (Lipinski definition) is 2. The molecular formula is C14H14FNO3S. The number of halogens is 1. The van der Waals surface area contributed by atoms with Crippen molar-refractivity contribution in [2.75, 3.05) is 4.72 Å². The minimum Gasteiger partial charge on any atom is -0.505 e. The van der Waals surface area contributed by atoms with E-state index in [1.165, 1.54) is 12.1 Å². The quantitative estimate of drug-likeness (QED) is 0.856. The molecule has 2 N–H and O–H groups in total. The number of phenols is 1. The number of hydrogen-bond acceptors (Lipinski definition) is 3. The summed E-state index contributed by atoms with van der Waals surface area (Å²) in [5, 5.41) is 9.07. The maximum Gasteiger partial charge on any atom is 0.261 e. The topological polar surface area (TPSA) is 66.4 Å². The Kier molecular flexibility index (Phi) is 3.67. The number of nitrogens with one attached hydrogen (secondary N) is 1. The minimum atomic E-state index is -3.78. The number of anilines is 1. The van der Waals surface area contributed by atoms with Crippen LogP contribution in [0.4, 0.5) is 10.1 Å². The molecule has 0 unspecified atom stereocenters. The van der Waals surface area contributed by atoms with Crippen molar-refractivity contribution in [3.8, 4) is 5.75 Å². The van der Waals surface area contributed by atoms with Crippen LogP contribution in [0.15, 0.2) is 41.3 Å². The number of rotatable bonds is 3. The van der Waals surface area contributed by atoms with Gasteiger partial charge in [0.1, 0.15) is 0 Å². The van der Waals surface area contributed by atoms with Crippen LogP contribution in [0.2, 0.25) is 0 Å². The first-order chi connectivity index (χ1) is 9.29. The van der Waals surface area contributed by atoms with Crippen LogP contribution in [0, 0.1) is 19.7 Å². The van der Waals surface area contributed by atoms with Gasteiger partial charge in [-0.3, -0.25) is 4.72 Å². The largest absolute Gasteiger partial charge is 0.505 e. The Bertz CT molecular complexity index is 757. The van der Waals surface area contributed by atoms with Crippen molar-refractivity contribution < 1.29 is 17.9 Å². The highest BCUT2D eigenvalue weighted by molar-refractivity contribution is 7.92. The maximum absolute atomic E-state index is 13.2. The lowest BCUT2D eigenvalue weighted by atomic mass is 10.1. The molecule has 0 spiro atoms. The van der Waals surface area contributed by atoms with Gasteiger partial charge < -0.3 is 5.11 Å². The molecule has 0 aliphatic heterocycles. The summed E-state index contributed by atoms with van der Waals surface area (Å²) in [6.45, 7) is 3.70. The van der Waals surface area contributed by atoms with E-state index in [1.54, 1.807) is 12.1 Å². The Labute approximate surface area is 116 Å². The first-order valence-electron chi connectivity index (χ1n) is 5.88. The third-order valence-electron chi connectivity index (χ3n) is 2.99. The van der Waals surface area contributed by atoms with Crippen molar-refractivity contribution in [1.82, 2.24) is 0 Å². The standard InChI is InChI=1S/C14H14FNO3S/c1-9-3-5-12(7-10(9)2)20(18,19)16-11-4-6-14(17)13(15)8-11/h3-8,16-17H,1-2H3. The number of sulfonamides is 1. The molecule has 0 fully saturated rings. The van der Waals surface area contributed by atoms with E-state index < -0.39 is 21.6 Å². The van der Waals surface area contributed by atoms with Crippen molar-refractivity contribution in [2.45, 2.75) is 18.7 Å². The van der Waals surface area contributed by atoms with Gasteiger partial charge in [-0.05, 0) is 49.2 Å². The highest BCUT2D eigenvalue weighted by atomic mass is 32.2. The highest BCUT2D eigenvalue weighted by Gasteiger charge is 2.15. The molecule has 106 valence electrons. The molecule has 2 aromatic carbocycles. The zero-order valence-electron chi connectivity index (χ0n) is 11.0. The average Bonchev–Trinajstić information content (AvgIpc) is 2.37. The summed E-state index contributed by atoms with van der Waals surface area (Å²) in [6.07, 6.45) is 0. The summed E-state index contributed by atoms with van der Waals surface area (Å²) in [4.78, 5) is 0.106. The summed E-state index contributed by atoms with van der Waals surface area (Å²) in [7, 11) is -3.78. The lowest BCUT2D eigenvalue weighted by Gasteiger charge is -2.10. The molecule has 0 bridgehead atoms. The van der Waals surface area contributed by atoms with Gasteiger partial charge in [0.15, 0.2) is 11.6 Å². The lowest BCUT2D eigenvalue weighted by Crippen LogP contribution is -2.13. The van der Waals surface area contributed by atoms with E-state index in [2.05, 4.69) is 4.72 Å². The molecule has 2 rings (SSSR count). The van der Waals surface area contributed by atoms with Gasteiger partial charge in [-0.25, -0.2) is 12.8 Å². The predicted octanol–water partition coefficient (Wildman–Crippen LogP) is 2.95. The molecule has 4 nitrogen and oxygen atoms in total. The molecule has 0 aliphatic rings. The van der Waals surface area contributed by atoms with Crippen LogP contribution in [-0.2, 0) is 10.0 Å². The molecule has 0 atom stereocenters. The molecule has 0 amide bonds. The molecular weight excluding hydrogens is 281 g/mol. The van der Waals surface area contributed by atoms with E-state index in [0.29, 0.717) is 0 Å². The van der Waals surface area contributed by atoms with Gasteiger partial charge in [0.05, 0.1) is 10.6 Å². The Morgan fingerprint density at radius 1 is 1.05 bits per heavy atom. The van der Waals surface area contributed by atoms with Crippen molar-refractivity contribution in [3.63, 3.8) is 0 Å². The minimum absolute atomic E-state index is 0.0542. The van der Waals surface area contributed by atoms with Gasteiger partial charge >= 0.3 is 0 Å². The summed E-state index contributed by atoms with van der Waals surface area (Å²) < 4.78 is 39.8. The van der Waals surface area contributed by atoms with Crippen LogP contribution in [0.1, 0.15) is 11.1 Å². The Hall–Kier alpha value is -2.08. The van der Waals surface area contributed by atoms with Gasteiger partial charge in [-0.2, -0.15) is 0 Å². The zero-order chi connectivity index (χ0) is 14.9. The second-order valence-corrected chi connectivity index (χ2v) is 6.20. The molecule has 0 saturated heterocycles. The summed E-state index contributed by atoms with van der Waals surface area (Å²) in [5.41, 5.74) is 1.89. The summed E-state index contributed by atoms with van der Waals surface area (Å²) in [6, 6.07) is 8.05. The normalized spacial score (nSPS) is 11.3. The molecule has 6 heteroatoms. The van der Waals surface area contributed by atoms with E-state index in [4.69, 9.17) is 5.11 Å². The number of benzene rings is 2. The lowest BCUT2D eigenvalue weighted by molar-refractivity contribution is 0.432. The van der Waals surface area contributed by atoms with E-state index >= 15 is 0 Å². The molecule has 0 heterocycles. The fourth-order valence-electron chi connectivity index (χ4n) is 1.67. The van der Waals surface area contributed by atoms with Crippen LogP contribution in [0.25, 0.3) is 0 Å². The Morgan fingerprint density at radius 2 is 1.75 bits per heavy atom. The second-order valence-electron chi connectivity index (χ2n) is 4.52. The van der Waals surface area contributed by atoms with Gasteiger partial charge in [0.25, 0.3) is 10.0 Å². The fourth-order valence-corrected chi connectivity index (χ4v) is 2.80. The third-order valence-corrected chi connectivity index (χ3v) is 4.37. The average molecular weight is 295 g/mol. The predicted molar refractivity (Wildman–Crippen MR) is 74.8 cm³/mol. The van der Waals surface area contributed by atoms with Crippen molar-refractivity contribution in [2.24, 2.45) is 0 Å². The zero-order valence-corrected chi connectivity index (χ0v) is 11.8. The summed E-state index contributed by atoms with van der Waals surface area (Å²) >= 11 is 0. The van der Waals surface area contributed by atoms with Gasteiger partial charge in [-0.1, -0.05) is 6.07 Å². The first kappa shape index (κ1) is 14.3. The van der Waals surface area contributed by atoms with Crippen LogP contribution in [0.5, 0.6) is 5.75 Å². The number of aromatic hydroxyl groups is 1. The second kappa shape index (κ2) is 5.13. The van der Waals surface area contributed by atoms with E-state index in [0.717, 1.165) is 23.3 Å². The van der Waals surface area contributed by atoms with E-state index in [-0.39, 0.29) is 10.6 Å². The van der Waals surface area contributed by atoms with Crippen LogP contribution in [0.3, 0.4) is 0 Å². The monoisotopic (exact) mass is 295 g/mol. The van der Waals surface area contributed by atoms with Crippen molar-refractivity contribution >= 4 is 15.7 Å². The molecule has 0 radical (unpaired) electrons. The van der Waals surface area contributed by atoms with E-state index in [9.17, 15) is 12.8 Å². The molecule has 20 heavy (non-hydrogen) atoms. The molecule has 0 aromatic heterocycles. The summed E-state index contributed by atoms with van der Waals surface area (Å²) in [5.74, 6) is -1.41. The van der Waals surface area contributed by atoms with Crippen LogP contribution >= 0.6 is 0 Å². The third kappa shape index (κ3) is 2.91. The highest BCUT2D eigenvalue weighted by Crippen LogP contribution is 2.23.